The van der Waals surface area contributed by atoms with Gasteiger partial charge in [-0.25, -0.2) is 0 Å². The van der Waals surface area contributed by atoms with Gasteiger partial charge in [0.2, 0.25) is 0 Å². The van der Waals surface area contributed by atoms with Crippen LogP contribution < -0.4 is 0 Å². The maximum atomic E-state index is 12.7. The molecule has 122 valence electrons. The van der Waals surface area contributed by atoms with E-state index in [-0.39, 0.29) is 24.7 Å². The van der Waals surface area contributed by atoms with Gasteiger partial charge < -0.3 is 4.74 Å². The zero-order valence-electron chi connectivity index (χ0n) is 13.6. The van der Waals surface area contributed by atoms with Crippen molar-refractivity contribution in [3.05, 3.63) is 77.9 Å². The molecule has 0 saturated carbocycles. The van der Waals surface area contributed by atoms with Crippen LogP contribution in [0.4, 0.5) is 0 Å². The highest BCUT2D eigenvalue weighted by Crippen LogP contribution is 2.38. The molecule has 1 aliphatic carbocycles. The number of rotatable bonds is 4. The van der Waals surface area contributed by atoms with Crippen molar-refractivity contribution in [2.75, 3.05) is 6.61 Å². The van der Waals surface area contributed by atoms with Gasteiger partial charge in [-0.2, -0.15) is 0 Å². The molecule has 0 radical (unpaired) electrons. The van der Waals surface area contributed by atoms with E-state index in [4.69, 9.17) is 4.74 Å². The zero-order chi connectivity index (χ0) is 16.9. The molecule has 24 heavy (non-hydrogen) atoms. The number of hydrogen-bond donors (Lipinski definition) is 0. The van der Waals surface area contributed by atoms with Crippen molar-refractivity contribution in [3.8, 4) is 0 Å². The maximum absolute atomic E-state index is 12.7. The smallest absolute Gasteiger partial charge is 0.317 e. The van der Waals surface area contributed by atoms with Crippen LogP contribution in [-0.2, 0) is 14.3 Å². The first-order valence-corrected chi connectivity index (χ1v) is 8.21. The summed E-state index contributed by atoms with van der Waals surface area (Å²) in [5.74, 6) is -1.56. The molecule has 2 atom stereocenters. The summed E-state index contributed by atoms with van der Waals surface area (Å²) >= 11 is 0. The standard InChI is InChI=1S/C21H20O3/c1-2-24-21(23)20-18(16-11-7-4-8-12-16)13-17(14-19(20)22)15-9-5-3-6-10-15/h3-13,18,20H,2,14H2,1H3. The molecule has 0 aromatic heterocycles. The predicted molar refractivity (Wildman–Crippen MR) is 93.3 cm³/mol. The second-order valence-electron chi connectivity index (χ2n) is 5.87. The Morgan fingerprint density at radius 2 is 1.67 bits per heavy atom. The second kappa shape index (κ2) is 7.26. The summed E-state index contributed by atoms with van der Waals surface area (Å²) in [5.41, 5.74) is 2.95. The predicted octanol–water partition coefficient (Wildman–Crippen LogP) is 4.01. The number of carbonyl (C=O) groups excluding carboxylic acids is 2. The van der Waals surface area contributed by atoms with E-state index in [0.29, 0.717) is 0 Å². The third-order valence-electron chi connectivity index (χ3n) is 4.32. The lowest BCUT2D eigenvalue weighted by Gasteiger charge is -2.28. The fourth-order valence-electron chi connectivity index (χ4n) is 3.19. The van der Waals surface area contributed by atoms with E-state index in [1.54, 1.807) is 6.92 Å². The van der Waals surface area contributed by atoms with E-state index in [2.05, 4.69) is 0 Å². The van der Waals surface area contributed by atoms with Gasteiger partial charge in [-0.15, -0.1) is 0 Å². The molecule has 2 aromatic carbocycles. The second-order valence-corrected chi connectivity index (χ2v) is 5.87. The first-order valence-electron chi connectivity index (χ1n) is 8.21. The van der Waals surface area contributed by atoms with Crippen LogP contribution in [0.15, 0.2) is 66.7 Å². The van der Waals surface area contributed by atoms with Gasteiger partial charge in [0.1, 0.15) is 5.92 Å². The van der Waals surface area contributed by atoms with Gasteiger partial charge in [0.15, 0.2) is 5.78 Å². The van der Waals surface area contributed by atoms with Gasteiger partial charge in [0.05, 0.1) is 6.61 Å². The summed E-state index contributed by atoms with van der Waals surface area (Å²) < 4.78 is 5.16. The number of allylic oxidation sites excluding steroid dienone is 2. The van der Waals surface area contributed by atoms with Gasteiger partial charge in [-0.1, -0.05) is 66.7 Å². The first kappa shape index (κ1) is 16.2. The highest BCUT2D eigenvalue weighted by Gasteiger charge is 2.39. The van der Waals surface area contributed by atoms with Crippen LogP contribution in [0.25, 0.3) is 5.57 Å². The first-order chi connectivity index (χ1) is 11.7. The number of Topliss-reactive ketones (excluding diaryl/α,β-unsaturated/α-hetero) is 1. The van der Waals surface area contributed by atoms with Crippen LogP contribution in [0.1, 0.15) is 30.4 Å². The number of benzene rings is 2. The van der Waals surface area contributed by atoms with E-state index >= 15 is 0 Å². The normalized spacial score (nSPS) is 20.4. The highest BCUT2D eigenvalue weighted by atomic mass is 16.5. The van der Waals surface area contributed by atoms with Crippen molar-refractivity contribution in [2.24, 2.45) is 5.92 Å². The van der Waals surface area contributed by atoms with Gasteiger partial charge in [0.25, 0.3) is 0 Å². The summed E-state index contributed by atoms with van der Waals surface area (Å²) in [6, 6.07) is 19.5. The lowest BCUT2D eigenvalue weighted by Crippen LogP contribution is -2.34. The maximum Gasteiger partial charge on any atom is 0.317 e. The van der Waals surface area contributed by atoms with E-state index in [9.17, 15) is 9.59 Å². The molecule has 3 rings (SSSR count). The van der Waals surface area contributed by atoms with Crippen LogP contribution in [0.5, 0.6) is 0 Å². The average molecular weight is 320 g/mol. The summed E-state index contributed by atoms with van der Waals surface area (Å²) in [7, 11) is 0. The minimum atomic E-state index is -0.764. The van der Waals surface area contributed by atoms with Crippen molar-refractivity contribution >= 4 is 17.3 Å². The number of ether oxygens (including phenoxy) is 1. The van der Waals surface area contributed by atoms with Crippen molar-refractivity contribution < 1.29 is 14.3 Å². The van der Waals surface area contributed by atoms with Gasteiger partial charge in [-0.3, -0.25) is 9.59 Å². The molecule has 1 aliphatic rings. The lowest BCUT2D eigenvalue weighted by molar-refractivity contribution is -0.152. The van der Waals surface area contributed by atoms with Crippen molar-refractivity contribution in [1.82, 2.24) is 0 Å². The van der Waals surface area contributed by atoms with Crippen LogP contribution in [0, 0.1) is 5.92 Å². The third-order valence-corrected chi connectivity index (χ3v) is 4.32. The Labute approximate surface area is 142 Å². The van der Waals surface area contributed by atoms with Crippen LogP contribution in [-0.4, -0.2) is 18.4 Å². The Kier molecular flexibility index (Phi) is 4.90. The molecule has 3 nitrogen and oxygen atoms in total. The molecule has 0 aliphatic heterocycles. The van der Waals surface area contributed by atoms with Gasteiger partial charge in [-0.05, 0) is 23.6 Å². The minimum Gasteiger partial charge on any atom is -0.465 e. The number of esters is 1. The topological polar surface area (TPSA) is 43.4 Å². The Morgan fingerprint density at radius 3 is 2.29 bits per heavy atom. The number of carbonyl (C=O) groups is 2. The number of ketones is 1. The monoisotopic (exact) mass is 320 g/mol. The van der Waals surface area contributed by atoms with E-state index in [1.165, 1.54) is 0 Å². The highest BCUT2D eigenvalue weighted by molar-refractivity contribution is 6.06. The Morgan fingerprint density at radius 1 is 1.04 bits per heavy atom. The summed E-state index contributed by atoms with van der Waals surface area (Å²) in [4.78, 5) is 25.1. The van der Waals surface area contributed by atoms with Gasteiger partial charge >= 0.3 is 5.97 Å². The molecular weight excluding hydrogens is 300 g/mol. The van der Waals surface area contributed by atoms with E-state index in [0.717, 1.165) is 16.7 Å². The molecule has 2 unspecified atom stereocenters. The molecule has 0 heterocycles. The number of hydrogen-bond acceptors (Lipinski definition) is 3. The molecule has 0 N–H and O–H groups in total. The quantitative estimate of drug-likeness (QED) is 0.631. The molecule has 0 fully saturated rings. The van der Waals surface area contributed by atoms with Crippen molar-refractivity contribution in [2.45, 2.75) is 19.3 Å². The molecule has 0 amide bonds. The van der Waals surface area contributed by atoms with Crippen LogP contribution in [0.2, 0.25) is 0 Å². The molecule has 0 bridgehead atoms. The SMILES string of the molecule is CCOC(=O)C1C(=O)CC(c2ccccc2)=CC1c1ccccc1. The third kappa shape index (κ3) is 3.30. The molecule has 2 aromatic rings. The molecular formula is C21H20O3. The van der Waals surface area contributed by atoms with Crippen LogP contribution >= 0.6 is 0 Å². The van der Waals surface area contributed by atoms with E-state index in [1.807, 2.05) is 66.7 Å². The average Bonchev–Trinajstić information content (AvgIpc) is 2.62. The zero-order valence-corrected chi connectivity index (χ0v) is 13.6. The summed E-state index contributed by atoms with van der Waals surface area (Å²) in [6.45, 7) is 2.04. The van der Waals surface area contributed by atoms with Gasteiger partial charge in [0, 0.05) is 12.3 Å². The minimum absolute atomic E-state index is 0.0799. The molecule has 0 saturated heterocycles. The summed E-state index contributed by atoms with van der Waals surface area (Å²) in [5, 5.41) is 0. The van der Waals surface area contributed by atoms with Crippen molar-refractivity contribution in [3.63, 3.8) is 0 Å². The molecule has 3 heteroatoms. The Balaban J connectivity index is 2.04. The summed E-state index contributed by atoms with van der Waals surface area (Å²) in [6.07, 6.45) is 2.31. The Bertz CT molecular complexity index is 747. The fourth-order valence-corrected chi connectivity index (χ4v) is 3.19. The largest absolute Gasteiger partial charge is 0.465 e. The van der Waals surface area contributed by atoms with Crippen molar-refractivity contribution in [1.29, 1.82) is 0 Å². The van der Waals surface area contributed by atoms with E-state index < -0.39 is 11.9 Å². The lowest BCUT2D eigenvalue weighted by atomic mass is 9.75. The fraction of sp³-hybridized carbons (Fsp3) is 0.238. The van der Waals surface area contributed by atoms with Crippen LogP contribution in [0.3, 0.4) is 0 Å². The Hall–Kier alpha value is -2.68. The molecule has 0 spiro atoms.